The Hall–Kier alpha value is -2.02. The van der Waals surface area contributed by atoms with Crippen molar-refractivity contribution < 1.29 is 0 Å². The van der Waals surface area contributed by atoms with Crippen molar-refractivity contribution >= 4 is 23.4 Å². The molecule has 0 fully saturated rings. The average Bonchev–Trinajstić information content (AvgIpc) is 3.00. The molecule has 1 aromatic heterocycles. The van der Waals surface area contributed by atoms with Crippen molar-refractivity contribution in [2.45, 2.75) is 58.2 Å². The van der Waals surface area contributed by atoms with Crippen LogP contribution < -0.4 is 11.1 Å². The summed E-state index contributed by atoms with van der Waals surface area (Å²) in [6.45, 7) is 10.4. The Balaban J connectivity index is 1.88. The van der Waals surface area contributed by atoms with Gasteiger partial charge in [0.2, 0.25) is 0 Å². The lowest BCUT2D eigenvalue weighted by Gasteiger charge is -2.11. The fourth-order valence-corrected chi connectivity index (χ4v) is 3.33. The fraction of sp³-hybridized carbons (Fsp3) is 0.550. The zero-order valence-electron chi connectivity index (χ0n) is 17.1. The normalized spacial score (nSPS) is 12.2. The molecule has 0 aliphatic carbocycles. The molecule has 148 valence electrons. The van der Waals surface area contributed by atoms with Crippen LogP contribution in [0.25, 0.3) is 0 Å². The molecule has 0 unspecified atom stereocenters. The average molecular weight is 389 g/mol. The zero-order valence-corrected chi connectivity index (χ0v) is 17.9. The third-order valence-corrected chi connectivity index (χ3v) is 4.86. The van der Waals surface area contributed by atoms with E-state index in [1.54, 1.807) is 11.8 Å². The summed E-state index contributed by atoms with van der Waals surface area (Å²) in [5, 5.41) is 12.8. The summed E-state index contributed by atoms with van der Waals surface area (Å²) in [6, 6.07) is 8.28. The lowest BCUT2D eigenvalue weighted by atomic mass is 10.0. The standard InChI is InChI=1S/C20H32N6S/c1-14(2)13-26-18(24-25-20(26)27-5)10-7-11-22-19(21)23-17-9-6-8-16(12-17)15(3)4/h6,8-9,12,14-15H,7,10-11,13H2,1-5H3,(H3,21,22,23). The molecule has 0 saturated carbocycles. The van der Waals surface area contributed by atoms with Gasteiger partial charge >= 0.3 is 0 Å². The number of aliphatic imine (C=N–C) groups is 1. The second-order valence-electron chi connectivity index (χ2n) is 7.38. The molecule has 6 nitrogen and oxygen atoms in total. The van der Waals surface area contributed by atoms with Crippen LogP contribution in [0.3, 0.4) is 0 Å². The van der Waals surface area contributed by atoms with E-state index >= 15 is 0 Å². The van der Waals surface area contributed by atoms with Gasteiger partial charge < -0.3 is 15.6 Å². The third-order valence-electron chi connectivity index (χ3n) is 4.19. The first-order valence-electron chi connectivity index (χ1n) is 9.53. The molecule has 0 amide bonds. The number of rotatable bonds is 9. The molecule has 2 aromatic rings. The summed E-state index contributed by atoms with van der Waals surface area (Å²) in [5.74, 6) is 2.52. The maximum absolute atomic E-state index is 6.04. The van der Waals surface area contributed by atoms with Gasteiger partial charge in [-0.05, 0) is 42.2 Å². The maximum atomic E-state index is 6.04. The van der Waals surface area contributed by atoms with Gasteiger partial charge in [0, 0.05) is 25.2 Å². The number of nitrogens with zero attached hydrogens (tertiary/aromatic N) is 4. The van der Waals surface area contributed by atoms with Crippen molar-refractivity contribution in [3.63, 3.8) is 0 Å². The Bertz CT molecular complexity index is 751. The number of aryl methyl sites for hydroxylation is 1. The van der Waals surface area contributed by atoms with E-state index in [4.69, 9.17) is 5.73 Å². The molecular formula is C20H32N6S. The van der Waals surface area contributed by atoms with E-state index in [0.29, 0.717) is 24.3 Å². The first-order valence-corrected chi connectivity index (χ1v) is 10.8. The number of hydrogen-bond donors (Lipinski definition) is 2. The zero-order chi connectivity index (χ0) is 19.8. The number of nitrogens with one attached hydrogen (secondary N) is 1. The minimum atomic E-state index is 0.448. The highest BCUT2D eigenvalue weighted by atomic mass is 32.2. The molecule has 0 radical (unpaired) electrons. The van der Waals surface area contributed by atoms with Gasteiger partial charge in [-0.1, -0.05) is 51.6 Å². The summed E-state index contributed by atoms with van der Waals surface area (Å²) < 4.78 is 2.22. The van der Waals surface area contributed by atoms with E-state index in [-0.39, 0.29) is 0 Å². The van der Waals surface area contributed by atoms with Crippen LogP contribution in [0.2, 0.25) is 0 Å². The van der Waals surface area contributed by atoms with Gasteiger partial charge in [-0.15, -0.1) is 10.2 Å². The number of anilines is 1. The monoisotopic (exact) mass is 388 g/mol. The first-order chi connectivity index (χ1) is 12.9. The number of aromatic nitrogens is 3. The van der Waals surface area contributed by atoms with Gasteiger partial charge in [-0.2, -0.15) is 0 Å². The van der Waals surface area contributed by atoms with Crippen LogP contribution in [0, 0.1) is 5.92 Å². The molecule has 1 heterocycles. The number of guanidine groups is 1. The van der Waals surface area contributed by atoms with Crippen LogP contribution >= 0.6 is 11.8 Å². The molecule has 0 spiro atoms. The molecule has 1 aromatic carbocycles. The smallest absolute Gasteiger partial charge is 0.193 e. The Morgan fingerprint density at radius 3 is 2.70 bits per heavy atom. The van der Waals surface area contributed by atoms with E-state index in [0.717, 1.165) is 36.1 Å². The largest absolute Gasteiger partial charge is 0.370 e. The Kier molecular flexibility index (Phi) is 8.16. The summed E-state index contributed by atoms with van der Waals surface area (Å²) in [4.78, 5) is 4.45. The van der Waals surface area contributed by atoms with Gasteiger partial charge in [0.1, 0.15) is 5.82 Å². The van der Waals surface area contributed by atoms with Crippen molar-refractivity contribution in [1.82, 2.24) is 14.8 Å². The van der Waals surface area contributed by atoms with E-state index < -0.39 is 0 Å². The van der Waals surface area contributed by atoms with Crippen LogP contribution in [0.1, 0.15) is 51.4 Å². The highest BCUT2D eigenvalue weighted by Gasteiger charge is 2.12. The molecule has 0 bridgehead atoms. The number of hydrogen-bond acceptors (Lipinski definition) is 4. The van der Waals surface area contributed by atoms with Crippen molar-refractivity contribution in [2.75, 3.05) is 18.1 Å². The van der Waals surface area contributed by atoms with Gasteiger partial charge in [0.05, 0.1) is 0 Å². The van der Waals surface area contributed by atoms with Crippen LogP contribution in [0.5, 0.6) is 0 Å². The summed E-state index contributed by atoms with van der Waals surface area (Å²) >= 11 is 1.64. The predicted octanol–water partition coefficient (Wildman–Crippen LogP) is 4.14. The Morgan fingerprint density at radius 2 is 2.04 bits per heavy atom. The summed E-state index contributed by atoms with van der Waals surface area (Å²) in [7, 11) is 0. The minimum absolute atomic E-state index is 0.448. The van der Waals surface area contributed by atoms with Crippen molar-refractivity contribution in [1.29, 1.82) is 0 Å². The van der Waals surface area contributed by atoms with E-state index in [1.807, 2.05) is 18.4 Å². The highest BCUT2D eigenvalue weighted by Crippen LogP contribution is 2.18. The van der Waals surface area contributed by atoms with Gasteiger partial charge in [-0.25, -0.2) is 0 Å². The minimum Gasteiger partial charge on any atom is -0.370 e. The number of thioether (sulfide) groups is 1. The van der Waals surface area contributed by atoms with Crippen LogP contribution in [0.4, 0.5) is 5.69 Å². The molecule has 0 aliphatic heterocycles. The molecule has 3 N–H and O–H groups in total. The quantitative estimate of drug-likeness (QED) is 0.292. The summed E-state index contributed by atoms with van der Waals surface area (Å²) in [5.41, 5.74) is 8.29. The molecule has 27 heavy (non-hydrogen) atoms. The molecule has 0 saturated heterocycles. The molecule has 0 atom stereocenters. The maximum Gasteiger partial charge on any atom is 0.193 e. The van der Waals surface area contributed by atoms with E-state index in [9.17, 15) is 0 Å². The van der Waals surface area contributed by atoms with E-state index in [1.165, 1.54) is 5.56 Å². The molecule has 2 rings (SSSR count). The number of nitrogens with two attached hydrogens (primary N) is 1. The van der Waals surface area contributed by atoms with Gasteiger partial charge in [0.15, 0.2) is 11.1 Å². The second kappa shape index (κ2) is 10.3. The lowest BCUT2D eigenvalue weighted by molar-refractivity contribution is 0.477. The predicted molar refractivity (Wildman–Crippen MR) is 116 cm³/mol. The Labute approximate surface area is 167 Å². The highest BCUT2D eigenvalue weighted by molar-refractivity contribution is 7.98. The lowest BCUT2D eigenvalue weighted by Crippen LogP contribution is -2.23. The van der Waals surface area contributed by atoms with Gasteiger partial charge in [-0.3, -0.25) is 4.99 Å². The van der Waals surface area contributed by atoms with Crippen LogP contribution in [-0.2, 0) is 13.0 Å². The van der Waals surface area contributed by atoms with E-state index in [2.05, 4.69) is 64.9 Å². The van der Waals surface area contributed by atoms with Crippen LogP contribution in [0.15, 0.2) is 34.4 Å². The third kappa shape index (κ3) is 6.57. The molecular weight excluding hydrogens is 356 g/mol. The second-order valence-corrected chi connectivity index (χ2v) is 8.16. The summed E-state index contributed by atoms with van der Waals surface area (Å²) in [6.07, 6.45) is 3.77. The van der Waals surface area contributed by atoms with Crippen molar-refractivity contribution in [2.24, 2.45) is 16.6 Å². The fourth-order valence-electron chi connectivity index (χ4n) is 2.80. The topological polar surface area (TPSA) is 81.1 Å². The van der Waals surface area contributed by atoms with Gasteiger partial charge in [0.25, 0.3) is 0 Å². The Morgan fingerprint density at radius 1 is 1.26 bits per heavy atom. The SMILES string of the molecule is CSc1nnc(CCCN=C(N)Nc2cccc(C(C)C)c2)n1CC(C)C. The molecule has 7 heteroatoms. The van der Waals surface area contributed by atoms with Crippen LogP contribution in [-0.4, -0.2) is 33.5 Å². The van der Waals surface area contributed by atoms with Crippen molar-refractivity contribution in [3.05, 3.63) is 35.7 Å². The first kappa shape index (κ1) is 21.3. The number of benzene rings is 1. The molecule has 0 aliphatic rings. The van der Waals surface area contributed by atoms with Crippen molar-refractivity contribution in [3.8, 4) is 0 Å².